The van der Waals surface area contributed by atoms with E-state index >= 15 is 0 Å². The second kappa shape index (κ2) is 18.0. The number of rotatable bonds is 21. The summed E-state index contributed by atoms with van der Waals surface area (Å²) in [5.41, 5.74) is 0. The number of aliphatic hydroxyl groups is 1. The SMILES string of the molecule is CCCCCCCCCC/C=C\CC/C=C\CCCCCC(O)(C[N+](C)(C)C)P(=O)(O)O. The van der Waals surface area contributed by atoms with Crippen LogP contribution in [0.3, 0.4) is 0 Å². The van der Waals surface area contributed by atoms with Crippen molar-refractivity contribution in [1.82, 2.24) is 0 Å². The van der Waals surface area contributed by atoms with Crippen molar-refractivity contribution in [2.45, 2.75) is 115 Å². The first kappa shape index (κ1) is 31.6. The van der Waals surface area contributed by atoms with Crippen molar-refractivity contribution in [2.75, 3.05) is 27.7 Å². The van der Waals surface area contributed by atoms with E-state index in [4.69, 9.17) is 0 Å². The van der Waals surface area contributed by atoms with Gasteiger partial charge >= 0.3 is 7.60 Å². The summed E-state index contributed by atoms with van der Waals surface area (Å²) in [5, 5.41) is 8.60. The fourth-order valence-corrected chi connectivity index (χ4v) is 5.04. The molecule has 0 bridgehead atoms. The highest BCUT2D eigenvalue weighted by Gasteiger charge is 2.48. The molecule has 0 fully saturated rings. The quantitative estimate of drug-likeness (QED) is 0.0729. The molecule has 5 nitrogen and oxygen atoms in total. The van der Waals surface area contributed by atoms with Crippen molar-refractivity contribution in [2.24, 2.45) is 0 Å². The second-order valence-electron chi connectivity index (χ2n) is 10.4. The van der Waals surface area contributed by atoms with E-state index in [2.05, 4.69) is 31.2 Å². The molecule has 0 aliphatic carbocycles. The molecule has 0 aromatic carbocycles. The molecule has 3 N–H and O–H groups in total. The monoisotopic (exact) mass is 474 g/mol. The van der Waals surface area contributed by atoms with Crippen LogP contribution >= 0.6 is 7.60 Å². The zero-order valence-electron chi connectivity index (χ0n) is 21.5. The first-order valence-corrected chi connectivity index (χ1v) is 14.5. The van der Waals surface area contributed by atoms with Crippen LogP contribution in [0.4, 0.5) is 0 Å². The Hall–Kier alpha value is -0.450. The van der Waals surface area contributed by atoms with E-state index in [-0.39, 0.29) is 13.0 Å². The van der Waals surface area contributed by atoms with E-state index in [0.29, 0.717) is 10.9 Å². The van der Waals surface area contributed by atoms with Gasteiger partial charge in [-0.1, -0.05) is 82.6 Å². The number of nitrogens with zero attached hydrogens (tertiary/aromatic N) is 1. The molecule has 1 unspecified atom stereocenters. The third-order valence-electron chi connectivity index (χ3n) is 5.78. The van der Waals surface area contributed by atoms with Crippen molar-refractivity contribution in [3.05, 3.63) is 24.3 Å². The lowest BCUT2D eigenvalue weighted by Gasteiger charge is -2.35. The minimum absolute atomic E-state index is 0.0454. The van der Waals surface area contributed by atoms with Crippen molar-refractivity contribution in [3.8, 4) is 0 Å². The van der Waals surface area contributed by atoms with Gasteiger partial charge in [-0.2, -0.15) is 0 Å². The Morgan fingerprint density at radius 3 is 1.53 bits per heavy atom. The van der Waals surface area contributed by atoms with Crippen LogP contribution in [0.5, 0.6) is 0 Å². The summed E-state index contributed by atoms with van der Waals surface area (Å²) in [6.45, 7) is 2.31. The summed E-state index contributed by atoms with van der Waals surface area (Å²) in [7, 11) is 0.933. The molecule has 190 valence electrons. The van der Waals surface area contributed by atoms with Gasteiger partial charge in [0.1, 0.15) is 6.54 Å². The lowest BCUT2D eigenvalue weighted by molar-refractivity contribution is -0.875. The van der Waals surface area contributed by atoms with Crippen LogP contribution in [-0.2, 0) is 4.57 Å². The minimum Gasteiger partial charge on any atom is -0.373 e. The lowest BCUT2D eigenvalue weighted by Crippen LogP contribution is -2.49. The summed E-state index contributed by atoms with van der Waals surface area (Å²) in [5.74, 6) is 0. The molecule has 1 atom stereocenters. The smallest absolute Gasteiger partial charge is 0.362 e. The van der Waals surface area contributed by atoms with Gasteiger partial charge in [-0.05, 0) is 51.4 Å². The minimum atomic E-state index is -4.56. The van der Waals surface area contributed by atoms with E-state index in [1.807, 2.05) is 21.1 Å². The topological polar surface area (TPSA) is 77.8 Å². The van der Waals surface area contributed by atoms with Gasteiger partial charge in [0, 0.05) is 0 Å². The maximum absolute atomic E-state index is 11.8. The average Bonchev–Trinajstić information content (AvgIpc) is 2.67. The predicted octanol–water partition coefficient (Wildman–Crippen LogP) is 6.93. The average molecular weight is 475 g/mol. The van der Waals surface area contributed by atoms with Crippen LogP contribution in [0.2, 0.25) is 0 Å². The number of quaternary nitrogens is 1. The van der Waals surface area contributed by atoms with Gasteiger partial charge in [0.05, 0.1) is 21.1 Å². The zero-order chi connectivity index (χ0) is 24.3. The summed E-state index contributed by atoms with van der Waals surface area (Å²) in [4.78, 5) is 19.2. The maximum atomic E-state index is 11.8. The molecule has 0 spiro atoms. The second-order valence-corrected chi connectivity index (χ2v) is 12.3. The van der Waals surface area contributed by atoms with Crippen LogP contribution in [0.15, 0.2) is 24.3 Å². The van der Waals surface area contributed by atoms with Gasteiger partial charge in [0.25, 0.3) is 0 Å². The Balaban J connectivity index is 3.72. The highest BCUT2D eigenvalue weighted by Crippen LogP contribution is 2.52. The lowest BCUT2D eigenvalue weighted by atomic mass is 10.1. The van der Waals surface area contributed by atoms with Gasteiger partial charge in [-0.25, -0.2) is 0 Å². The van der Waals surface area contributed by atoms with Crippen molar-refractivity contribution >= 4 is 7.60 Å². The van der Waals surface area contributed by atoms with Crippen LogP contribution in [-0.4, -0.2) is 52.4 Å². The molecule has 0 saturated carbocycles. The van der Waals surface area contributed by atoms with Gasteiger partial charge in [0.15, 0.2) is 0 Å². The molecule has 6 heteroatoms. The van der Waals surface area contributed by atoms with E-state index in [0.717, 1.165) is 32.1 Å². The highest BCUT2D eigenvalue weighted by atomic mass is 31.2. The summed E-state index contributed by atoms with van der Waals surface area (Å²) < 4.78 is 12.1. The summed E-state index contributed by atoms with van der Waals surface area (Å²) in [6, 6.07) is 0. The van der Waals surface area contributed by atoms with Gasteiger partial charge < -0.3 is 19.4 Å². The molecule has 0 rings (SSSR count). The summed E-state index contributed by atoms with van der Waals surface area (Å²) >= 11 is 0. The number of allylic oxidation sites excluding steroid dienone is 4. The van der Waals surface area contributed by atoms with Gasteiger partial charge in [-0.3, -0.25) is 4.57 Å². The van der Waals surface area contributed by atoms with E-state index in [1.54, 1.807) is 0 Å². The molecule has 0 aliphatic heterocycles. The van der Waals surface area contributed by atoms with Crippen molar-refractivity contribution in [1.29, 1.82) is 0 Å². The molecule has 0 heterocycles. The molecule has 0 aliphatic rings. The first-order valence-electron chi connectivity index (χ1n) is 12.9. The Bertz CT molecular complexity index is 551. The largest absolute Gasteiger partial charge is 0.373 e. The Morgan fingerprint density at radius 1 is 0.688 bits per heavy atom. The van der Waals surface area contributed by atoms with Gasteiger partial charge in [0.2, 0.25) is 5.34 Å². The Kier molecular flexibility index (Phi) is 17.7. The molecule has 0 radical (unpaired) electrons. The predicted molar refractivity (Wildman–Crippen MR) is 138 cm³/mol. The fourth-order valence-electron chi connectivity index (χ4n) is 3.98. The first-order chi connectivity index (χ1) is 15.0. The van der Waals surface area contributed by atoms with E-state index < -0.39 is 12.9 Å². The number of hydrogen-bond acceptors (Lipinski definition) is 2. The standard InChI is InChI=1S/C26H52NO4P/c1-5-6-7-8-9-10-11-12-13-14-15-16-17-18-19-20-21-22-23-24-26(28,32(29,30)31)25-27(2,3)4/h14-15,18-19,28H,5-13,16-17,20-25H2,1-4H3,(H-,29,30,31)/p+1/b15-14-,19-18-. The van der Waals surface area contributed by atoms with E-state index in [1.165, 1.54) is 57.8 Å². The van der Waals surface area contributed by atoms with Crippen LogP contribution in [0.25, 0.3) is 0 Å². The maximum Gasteiger partial charge on any atom is 0.362 e. The molecule has 32 heavy (non-hydrogen) atoms. The van der Waals surface area contributed by atoms with Crippen molar-refractivity contribution < 1.29 is 23.9 Å². The molecule has 0 saturated heterocycles. The van der Waals surface area contributed by atoms with Crippen LogP contribution < -0.4 is 0 Å². The normalized spacial score (nSPS) is 15.1. The Morgan fingerprint density at radius 2 is 1.09 bits per heavy atom. The summed E-state index contributed by atoms with van der Waals surface area (Å²) in [6.07, 6.45) is 27.0. The molecule has 0 amide bonds. The highest BCUT2D eigenvalue weighted by molar-refractivity contribution is 7.53. The zero-order valence-corrected chi connectivity index (χ0v) is 22.4. The van der Waals surface area contributed by atoms with Crippen molar-refractivity contribution in [3.63, 3.8) is 0 Å². The molecule has 0 aromatic rings. The van der Waals surface area contributed by atoms with Crippen LogP contribution in [0.1, 0.15) is 110 Å². The fraction of sp³-hybridized carbons (Fsp3) is 0.846. The number of likely N-dealkylation sites (N-methyl/N-ethyl adjacent to an activating group) is 1. The molecular formula is C26H53NO4P+. The van der Waals surface area contributed by atoms with Crippen LogP contribution in [0, 0.1) is 0 Å². The van der Waals surface area contributed by atoms with E-state index in [9.17, 15) is 19.5 Å². The third-order valence-corrected chi connectivity index (χ3v) is 7.22. The number of unbranched alkanes of at least 4 members (excludes halogenated alkanes) is 12. The molecular weight excluding hydrogens is 421 g/mol. The third kappa shape index (κ3) is 18.0. The number of hydrogen-bond donors (Lipinski definition) is 3. The van der Waals surface area contributed by atoms with Gasteiger partial charge in [-0.15, -0.1) is 0 Å². The Labute approximate surface area is 198 Å². The molecule has 0 aromatic heterocycles.